The van der Waals surface area contributed by atoms with Crippen LogP contribution in [0.4, 0.5) is 0 Å². The number of nitrogens with zero attached hydrogens (tertiary/aromatic N) is 1. The van der Waals surface area contributed by atoms with Gasteiger partial charge in [-0.25, -0.2) is 5.43 Å². The Bertz CT molecular complexity index is 812. The van der Waals surface area contributed by atoms with Gasteiger partial charge in [0.15, 0.2) is 0 Å². The molecule has 2 aromatic rings. The molecule has 0 aliphatic carbocycles. The van der Waals surface area contributed by atoms with Crippen LogP contribution in [-0.4, -0.2) is 44.9 Å². The van der Waals surface area contributed by atoms with E-state index in [4.69, 9.17) is 14.2 Å². The second kappa shape index (κ2) is 9.03. The zero-order valence-electron chi connectivity index (χ0n) is 17.5. The van der Waals surface area contributed by atoms with Crippen molar-refractivity contribution in [3.05, 3.63) is 53.6 Å². The average Bonchev–Trinajstić information content (AvgIpc) is 3.14. The predicted octanol–water partition coefficient (Wildman–Crippen LogP) is 3.14. The molecule has 2 aliphatic rings. The van der Waals surface area contributed by atoms with Crippen molar-refractivity contribution in [3.8, 4) is 17.2 Å². The van der Waals surface area contributed by atoms with Crippen molar-refractivity contribution >= 4 is 0 Å². The molecule has 4 rings (SSSR count). The van der Waals surface area contributed by atoms with Gasteiger partial charge in [0.25, 0.3) is 0 Å². The van der Waals surface area contributed by atoms with Crippen molar-refractivity contribution in [2.75, 3.05) is 33.9 Å². The standard InChI is InChI=1S/C23H31N3O3/c1-4-19-15-26(13-17-11-21(28-3)9-10-22(17)29-19)14-18-12-24-25-23(18)16-5-7-20(27-2)8-6-16/h5-11,18-19,23-25H,4,12-15H2,1-3H3. The van der Waals surface area contributed by atoms with Gasteiger partial charge in [-0.15, -0.1) is 0 Å². The summed E-state index contributed by atoms with van der Waals surface area (Å²) in [6, 6.07) is 14.8. The first-order valence-corrected chi connectivity index (χ1v) is 10.4. The van der Waals surface area contributed by atoms with E-state index >= 15 is 0 Å². The average molecular weight is 398 g/mol. The van der Waals surface area contributed by atoms with Gasteiger partial charge in [0.2, 0.25) is 0 Å². The van der Waals surface area contributed by atoms with Crippen molar-refractivity contribution in [1.82, 2.24) is 15.8 Å². The predicted molar refractivity (Wildman–Crippen MR) is 113 cm³/mol. The molecule has 0 spiro atoms. The quantitative estimate of drug-likeness (QED) is 0.781. The van der Waals surface area contributed by atoms with E-state index in [9.17, 15) is 0 Å². The molecule has 0 bridgehead atoms. The molecule has 2 N–H and O–H groups in total. The molecular formula is C23H31N3O3. The molecular weight excluding hydrogens is 366 g/mol. The molecule has 3 unspecified atom stereocenters. The summed E-state index contributed by atoms with van der Waals surface area (Å²) in [6.45, 7) is 5.92. The number of hydrazine groups is 1. The summed E-state index contributed by atoms with van der Waals surface area (Å²) in [4.78, 5) is 2.52. The summed E-state index contributed by atoms with van der Waals surface area (Å²) in [5, 5.41) is 0. The zero-order chi connectivity index (χ0) is 20.2. The molecule has 2 aromatic carbocycles. The molecule has 2 heterocycles. The van der Waals surface area contributed by atoms with Gasteiger partial charge in [0, 0.05) is 37.7 Å². The van der Waals surface area contributed by atoms with E-state index in [0.29, 0.717) is 5.92 Å². The summed E-state index contributed by atoms with van der Waals surface area (Å²) >= 11 is 0. The van der Waals surface area contributed by atoms with E-state index in [1.165, 1.54) is 11.1 Å². The van der Waals surface area contributed by atoms with Crippen LogP contribution in [0.25, 0.3) is 0 Å². The van der Waals surface area contributed by atoms with Crippen LogP contribution < -0.4 is 25.1 Å². The van der Waals surface area contributed by atoms with Gasteiger partial charge in [-0.1, -0.05) is 19.1 Å². The lowest BCUT2D eigenvalue weighted by Gasteiger charge is -2.28. The third-order valence-electron chi connectivity index (χ3n) is 5.93. The van der Waals surface area contributed by atoms with Gasteiger partial charge in [-0.3, -0.25) is 10.3 Å². The van der Waals surface area contributed by atoms with Crippen LogP contribution in [0, 0.1) is 5.92 Å². The number of methoxy groups -OCH3 is 2. The molecule has 2 aliphatic heterocycles. The second-order valence-corrected chi connectivity index (χ2v) is 7.85. The van der Waals surface area contributed by atoms with E-state index in [1.54, 1.807) is 14.2 Å². The number of rotatable bonds is 6. The fraction of sp³-hybridized carbons (Fsp3) is 0.478. The Morgan fingerprint density at radius 2 is 1.83 bits per heavy atom. The highest BCUT2D eigenvalue weighted by Gasteiger charge is 2.32. The fourth-order valence-corrected chi connectivity index (χ4v) is 4.29. The summed E-state index contributed by atoms with van der Waals surface area (Å²) in [5.41, 5.74) is 9.29. The number of hydrogen-bond donors (Lipinski definition) is 2. The van der Waals surface area contributed by atoms with Crippen molar-refractivity contribution in [2.24, 2.45) is 5.92 Å². The molecule has 0 saturated carbocycles. The van der Waals surface area contributed by atoms with Gasteiger partial charge < -0.3 is 14.2 Å². The molecule has 6 nitrogen and oxygen atoms in total. The van der Waals surface area contributed by atoms with E-state index in [0.717, 1.165) is 49.8 Å². The largest absolute Gasteiger partial charge is 0.497 e. The van der Waals surface area contributed by atoms with Gasteiger partial charge in [-0.2, -0.15) is 0 Å². The Balaban J connectivity index is 1.51. The first-order chi connectivity index (χ1) is 14.2. The SMILES string of the molecule is CCC1CN(CC2CNNC2c2ccc(OC)cc2)Cc2cc(OC)ccc2O1. The highest BCUT2D eigenvalue weighted by Crippen LogP contribution is 2.32. The summed E-state index contributed by atoms with van der Waals surface area (Å²) in [7, 11) is 3.41. The highest BCUT2D eigenvalue weighted by atomic mass is 16.5. The zero-order valence-corrected chi connectivity index (χ0v) is 17.5. The van der Waals surface area contributed by atoms with Crippen LogP contribution in [-0.2, 0) is 6.54 Å². The minimum Gasteiger partial charge on any atom is -0.497 e. The smallest absolute Gasteiger partial charge is 0.124 e. The Labute approximate surface area is 173 Å². The molecule has 156 valence electrons. The molecule has 0 aromatic heterocycles. The Morgan fingerprint density at radius 3 is 2.55 bits per heavy atom. The van der Waals surface area contributed by atoms with Crippen molar-refractivity contribution < 1.29 is 14.2 Å². The number of benzene rings is 2. The number of nitrogens with one attached hydrogen (secondary N) is 2. The summed E-state index contributed by atoms with van der Waals surface area (Å²) < 4.78 is 17.0. The van der Waals surface area contributed by atoms with E-state index in [-0.39, 0.29) is 12.1 Å². The van der Waals surface area contributed by atoms with Crippen molar-refractivity contribution in [1.29, 1.82) is 0 Å². The number of ether oxygens (including phenoxy) is 3. The van der Waals surface area contributed by atoms with Crippen molar-refractivity contribution in [2.45, 2.75) is 32.0 Å². The topological polar surface area (TPSA) is 55.0 Å². The normalized spacial score (nSPS) is 24.4. The number of hydrogen-bond acceptors (Lipinski definition) is 6. The third kappa shape index (κ3) is 4.50. The summed E-state index contributed by atoms with van der Waals surface area (Å²) in [5.74, 6) is 3.21. The van der Waals surface area contributed by atoms with Crippen LogP contribution >= 0.6 is 0 Å². The van der Waals surface area contributed by atoms with E-state index in [2.05, 4.69) is 40.9 Å². The lowest BCUT2D eigenvalue weighted by molar-refractivity contribution is 0.130. The maximum absolute atomic E-state index is 6.29. The van der Waals surface area contributed by atoms with Crippen LogP contribution in [0.3, 0.4) is 0 Å². The minimum atomic E-state index is 0.200. The number of fused-ring (bicyclic) bond motifs is 1. The molecule has 1 saturated heterocycles. The van der Waals surface area contributed by atoms with Gasteiger partial charge in [0.05, 0.1) is 20.3 Å². The second-order valence-electron chi connectivity index (χ2n) is 7.85. The Morgan fingerprint density at radius 1 is 1.07 bits per heavy atom. The molecule has 3 atom stereocenters. The van der Waals surface area contributed by atoms with E-state index < -0.39 is 0 Å². The van der Waals surface area contributed by atoms with Gasteiger partial charge in [-0.05, 0) is 42.3 Å². The van der Waals surface area contributed by atoms with Gasteiger partial charge >= 0.3 is 0 Å². The van der Waals surface area contributed by atoms with Crippen LogP contribution in [0.1, 0.15) is 30.5 Å². The fourth-order valence-electron chi connectivity index (χ4n) is 4.29. The lowest BCUT2D eigenvalue weighted by atomic mass is 9.94. The first-order valence-electron chi connectivity index (χ1n) is 10.4. The third-order valence-corrected chi connectivity index (χ3v) is 5.93. The maximum Gasteiger partial charge on any atom is 0.124 e. The van der Waals surface area contributed by atoms with E-state index in [1.807, 2.05) is 24.3 Å². The molecule has 1 fully saturated rings. The van der Waals surface area contributed by atoms with Crippen molar-refractivity contribution in [3.63, 3.8) is 0 Å². The molecule has 6 heteroatoms. The molecule has 0 radical (unpaired) electrons. The lowest BCUT2D eigenvalue weighted by Crippen LogP contribution is -2.37. The first kappa shape index (κ1) is 20.0. The summed E-state index contributed by atoms with van der Waals surface area (Å²) in [6.07, 6.45) is 1.19. The molecule has 0 amide bonds. The Hall–Kier alpha value is -2.28. The van der Waals surface area contributed by atoms with Crippen LogP contribution in [0.5, 0.6) is 17.2 Å². The highest BCUT2D eigenvalue weighted by molar-refractivity contribution is 5.41. The van der Waals surface area contributed by atoms with Gasteiger partial charge in [0.1, 0.15) is 23.4 Å². The monoisotopic (exact) mass is 397 g/mol. The minimum absolute atomic E-state index is 0.200. The Kier molecular flexibility index (Phi) is 6.23. The van der Waals surface area contributed by atoms with Crippen LogP contribution in [0.15, 0.2) is 42.5 Å². The van der Waals surface area contributed by atoms with Crippen LogP contribution in [0.2, 0.25) is 0 Å². The molecule has 29 heavy (non-hydrogen) atoms. The maximum atomic E-state index is 6.29.